The summed E-state index contributed by atoms with van der Waals surface area (Å²) >= 11 is 6.18. The van der Waals surface area contributed by atoms with E-state index in [-0.39, 0.29) is 12.5 Å². The van der Waals surface area contributed by atoms with Gasteiger partial charge in [-0.15, -0.1) is 0 Å². The van der Waals surface area contributed by atoms with Crippen molar-refractivity contribution in [3.63, 3.8) is 0 Å². The van der Waals surface area contributed by atoms with Gasteiger partial charge in [-0.05, 0) is 73.4 Å². The fraction of sp³-hybridized carbons (Fsp3) is 0.240. The molecule has 0 fully saturated rings. The van der Waals surface area contributed by atoms with Crippen molar-refractivity contribution in [1.82, 2.24) is 0 Å². The fourth-order valence-electron chi connectivity index (χ4n) is 3.05. The number of amides is 1. The molecule has 5 nitrogen and oxygen atoms in total. The molecule has 3 aromatic rings. The molecule has 3 rings (SSSR count). The van der Waals surface area contributed by atoms with E-state index in [4.69, 9.17) is 21.1 Å². The number of anilines is 2. The largest absolute Gasteiger partial charge is 0.493 e. The topological polar surface area (TPSA) is 59.6 Å². The monoisotopic (exact) mass is 438 g/mol. The number of carbonyl (C=O) groups excluding carboxylic acids is 1. The van der Waals surface area contributed by atoms with Crippen LogP contribution in [0.3, 0.4) is 0 Å². The van der Waals surface area contributed by atoms with E-state index >= 15 is 0 Å². The predicted octanol–water partition coefficient (Wildman–Crippen LogP) is 5.90. The second-order valence-corrected chi connectivity index (χ2v) is 7.87. The van der Waals surface area contributed by atoms with E-state index in [0.29, 0.717) is 18.0 Å². The molecule has 0 unspecified atom stereocenters. The number of carbonyl (C=O) groups is 1. The second kappa shape index (κ2) is 10.2. The predicted molar refractivity (Wildman–Crippen MR) is 127 cm³/mol. The van der Waals surface area contributed by atoms with Crippen LogP contribution < -0.4 is 20.1 Å². The van der Waals surface area contributed by atoms with E-state index in [1.54, 1.807) is 7.11 Å². The van der Waals surface area contributed by atoms with E-state index in [1.807, 2.05) is 75.4 Å². The van der Waals surface area contributed by atoms with Gasteiger partial charge in [-0.3, -0.25) is 4.79 Å². The molecule has 0 saturated carbocycles. The van der Waals surface area contributed by atoms with Crippen LogP contribution in [0.15, 0.2) is 54.6 Å². The molecule has 0 heterocycles. The first-order chi connectivity index (χ1) is 14.9. The molecule has 0 aliphatic rings. The Morgan fingerprint density at radius 3 is 2.45 bits per heavy atom. The van der Waals surface area contributed by atoms with Crippen molar-refractivity contribution >= 4 is 28.9 Å². The third-order valence-electron chi connectivity index (χ3n) is 4.92. The van der Waals surface area contributed by atoms with Gasteiger partial charge in [0.2, 0.25) is 0 Å². The summed E-state index contributed by atoms with van der Waals surface area (Å²) in [7, 11) is 1.58. The number of methoxy groups -OCH3 is 1. The van der Waals surface area contributed by atoms with Crippen LogP contribution in [-0.2, 0) is 11.3 Å². The standard InChI is InChI=1S/C25H27ClN2O3/c1-16-5-6-18(3)22(11-16)28-25(29)15-31-23-10-8-19(12-24(23)30-4)14-27-20-9-7-17(2)21(26)13-20/h5-13,27H,14-15H2,1-4H3,(H,28,29). The minimum Gasteiger partial charge on any atom is -0.493 e. The fourth-order valence-corrected chi connectivity index (χ4v) is 3.23. The smallest absolute Gasteiger partial charge is 0.262 e. The Morgan fingerprint density at radius 2 is 1.71 bits per heavy atom. The van der Waals surface area contributed by atoms with E-state index in [2.05, 4.69) is 10.6 Å². The Balaban J connectivity index is 1.59. The molecule has 0 aliphatic carbocycles. The number of ether oxygens (including phenoxy) is 2. The number of rotatable bonds is 8. The van der Waals surface area contributed by atoms with Crippen LogP contribution in [0.5, 0.6) is 11.5 Å². The lowest BCUT2D eigenvalue weighted by atomic mass is 10.1. The second-order valence-electron chi connectivity index (χ2n) is 7.46. The first-order valence-corrected chi connectivity index (χ1v) is 10.4. The zero-order valence-electron chi connectivity index (χ0n) is 18.2. The zero-order chi connectivity index (χ0) is 22.4. The van der Waals surface area contributed by atoms with Gasteiger partial charge in [0.15, 0.2) is 18.1 Å². The number of nitrogens with one attached hydrogen (secondary N) is 2. The summed E-state index contributed by atoms with van der Waals surface area (Å²) in [5.74, 6) is 0.860. The summed E-state index contributed by atoms with van der Waals surface area (Å²) in [5, 5.41) is 6.96. The highest BCUT2D eigenvalue weighted by Crippen LogP contribution is 2.29. The Hall–Kier alpha value is -3.18. The van der Waals surface area contributed by atoms with Crippen LogP contribution >= 0.6 is 11.6 Å². The molecule has 31 heavy (non-hydrogen) atoms. The third-order valence-corrected chi connectivity index (χ3v) is 5.33. The van der Waals surface area contributed by atoms with Crippen molar-refractivity contribution in [2.45, 2.75) is 27.3 Å². The van der Waals surface area contributed by atoms with E-state index in [1.165, 1.54) is 0 Å². The maximum atomic E-state index is 12.3. The summed E-state index contributed by atoms with van der Waals surface area (Å²) in [6, 6.07) is 17.4. The van der Waals surface area contributed by atoms with Crippen molar-refractivity contribution in [3.05, 3.63) is 81.9 Å². The van der Waals surface area contributed by atoms with Crippen molar-refractivity contribution in [1.29, 1.82) is 0 Å². The van der Waals surface area contributed by atoms with Gasteiger partial charge in [0.05, 0.1) is 7.11 Å². The van der Waals surface area contributed by atoms with Gasteiger partial charge in [0.25, 0.3) is 5.91 Å². The molecule has 6 heteroatoms. The van der Waals surface area contributed by atoms with Gasteiger partial charge in [-0.25, -0.2) is 0 Å². The lowest BCUT2D eigenvalue weighted by Gasteiger charge is -2.14. The minimum absolute atomic E-state index is 0.108. The SMILES string of the molecule is COc1cc(CNc2ccc(C)c(Cl)c2)ccc1OCC(=O)Nc1cc(C)ccc1C. The lowest BCUT2D eigenvalue weighted by Crippen LogP contribution is -2.21. The molecule has 0 spiro atoms. The quantitative estimate of drug-likeness (QED) is 0.459. The van der Waals surface area contributed by atoms with E-state index in [9.17, 15) is 4.79 Å². The van der Waals surface area contributed by atoms with Crippen molar-refractivity contribution in [2.75, 3.05) is 24.4 Å². The summed E-state index contributed by atoms with van der Waals surface area (Å²) in [5.41, 5.74) is 5.87. The normalized spacial score (nSPS) is 10.5. The molecular weight excluding hydrogens is 412 g/mol. The molecule has 0 atom stereocenters. The molecule has 0 radical (unpaired) electrons. The van der Waals surface area contributed by atoms with Gasteiger partial charge < -0.3 is 20.1 Å². The van der Waals surface area contributed by atoms with Crippen LogP contribution in [0.2, 0.25) is 5.02 Å². The van der Waals surface area contributed by atoms with E-state index in [0.717, 1.165) is 38.7 Å². The number of aryl methyl sites for hydroxylation is 3. The number of hydrogen-bond donors (Lipinski definition) is 2. The zero-order valence-corrected chi connectivity index (χ0v) is 19.0. The Morgan fingerprint density at radius 1 is 0.935 bits per heavy atom. The van der Waals surface area contributed by atoms with Gasteiger partial charge in [0.1, 0.15) is 0 Å². The Labute approximate surface area is 188 Å². The molecule has 0 bridgehead atoms. The van der Waals surface area contributed by atoms with Gasteiger partial charge in [-0.2, -0.15) is 0 Å². The third kappa shape index (κ3) is 6.15. The van der Waals surface area contributed by atoms with Crippen molar-refractivity contribution < 1.29 is 14.3 Å². The summed E-state index contributed by atoms with van der Waals surface area (Å²) in [6.07, 6.45) is 0. The van der Waals surface area contributed by atoms with Crippen molar-refractivity contribution in [3.8, 4) is 11.5 Å². The maximum absolute atomic E-state index is 12.3. The number of benzene rings is 3. The first kappa shape index (κ1) is 22.5. The van der Waals surface area contributed by atoms with Crippen LogP contribution in [0.25, 0.3) is 0 Å². The molecule has 2 N–H and O–H groups in total. The highest BCUT2D eigenvalue weighted by molar-refractivity contribution is 6.31. The van der Waals surface area contributed by atoms with E-state index < -0.39 is 0 Å². The van der Waals surface area contributed by atoms with Gasteiger partial charge in [-0.1, -0.05) is 35.9 Å². The lowest BCUT2D eigenvalue weighted by molar-refractivity contribution is -0.118. The molecule has 0 aromatic heterocycles. The molecular formula is C25H27ClN2O3. The minimum atomic E-state index is -0.224. The van der Waals surface area contributed by atoms with Crippen LogP contribution in [0.1, 0.15) is 22.3 Å². The summed E-state index contributed by atoms with van der Waals surface area (Å²) in [6.45, 7) is 6.40. The average Bonchev–Trinajstić information content (AvgIpc) is 2.76. The number of halogens is 1. The molecule has 0 saturated heterocycles. The van der Waals surface area contributed by atoms with Gasteiger partial charge >= 0.3 is 0 Å². The molecule has 0 aliphatic heterocycles. The van der Waals surface area contributed by atoms with Crippen LogP contribution in [-0.4, -0.2) is 19.6 Å². The Bertz CT molecular complexity index is 1080. The van der Waals surface area contributed by atoms with Crippen molar-refractivity contribution in [2.24, 2.45) is 0 Å². The molecule has 1 amide bonds. The van der Waals surface area contributed by atoms with Gasteiger partial charge in [0, 0.05) is 22.9 Å². The maximum Gasteiger partial charge on any atom is 0.262 e. The molecule has 3 aromatic carbocycles. The first-order valence-electron chi connectivity index (χ1n) is 10.0. The molecule has 162 valence electrons. The average molecular weight is 439 g/mol. The highest BCUT2D eigenvalue weighted by Gasteiger charge is 2.10. The van der Waals surface area contributed by atoms with Crippen LogP contribution in [0.4, 0.5) is 11.4 Å². The summed E-state index contributed by atoms with van der Waals surface area (Å²) < 4.78 is 11.2. The van der Waals surface area contributed by atoms with Crippen LogP contribution in [0, 0.1) is 20.8 Å². The Kier molecular flexibility index (Phi) is 7.42. The number of hydrogen-bond acceptors (Lipinski definition) is 4. The highest BCUT2D eigenvalue weighted by atomic mass is 35.5. The summed E-state index contributed by atoms with van der Waals surface area (Å²) in [4.78, 5) is 12.3.